The molecule has 2 heterocycles. The molecular weight excluding hydrogens is 298 g/mol. The molecule has 1 unspecified atom stereocenters. The van der Waals surface area contributed by atoms with E-state index in [4.69, 9.17) is 4.42 Å². The summed E-state index contributed by atoms with van der Waals surface area (Å²) in [7, 11) is 0. The Morgan fingerprint density at radius 2 is 2.14 bits per heavy atom. The molecule has 0 fully saturated rings. The minimum absolute atomic E-state index is 0.0382. The number of amides is 1. The molecule has 0 saturated heterocycles. The quantitative estimate of drug-likeness (QED) is 0.653. The molecule has 118 valence electrons. The van der Waals surface area contributed by atoms with Gasteiger partial charge in [-0.2, -0.15) is 0 Å². The Kier molecular flexibility index (Phi) is 5.60. The second kappa shape index (κ2) is 7.45. The number of aromatic nitrogens is 2. The fourth-order valence-electron chi connectivity index (χ4n) is 1.85. The fourth-order valence-corrected chi connectivity index (χ4v) is 2.78. The van der Waals surface area contributed by atoms with Gasteiger partial charge in [-0.3, -0.25) is 4.79 Å². The van der Waals surface area contributed by atoms with Crippen LogP contribution in [0.3, 0.4) is 0 Å². The SMILES string of the molecule is Cc1cc(SC(C)C(=O)NCc2ccco2)nc(C(C)C)n1. The Labute approximate surface area is 134 Å². The van der Waals surface area contributed by atoms with Crippen molar-refractivity contribution in [3.63, 3.8) is 0 Å². The first-order chi connectivity index (χ1) is 10.5. The van der Waals surface area contributed by atoms with Gasteiger partial charge in [0, 0.05) is 11.6 Å². The van der Waals surface area contributed by atoms with E-state index in [1.54, 1.807) is 12.3 Å². The van der Waals surface area contributed by atoms with E-state index in [1.807, 2.05) is 26.0 Å². The normalized spacial score (nSPS) is 12.4. The van der Waals surface area contributed by atoms with Gasteiger partial charge in [-0.05, 0) is 32.0 Å². The van der Waals surface area contributed by atoms with Gasteiger partial charge in [-0.15, -0.1) is 0 Å². The van der Waals surface area contributed by atoms with Crippen LogP contribution in [0.1, 0.15) is 44.0 Å². The lowest BCUT2D eigenvalue weighted by Gasteiger charge is -2.12. The topological polar surface area (TPSA) is 68.0 Å². The number of hydrogen-bond acceptors (Lipinski definition) is 5. The summed E-state index contributed by atoms with van der Waals surface area (Å²) in [5.41, 5.74) is 0.921. The van der Waals surface area contributed by atoms with Crippen molar-refractivity contribution >= 4 is 17.7 Å². The Morgan fingerprint density at radius 3 is 2.77 bits per heavy atom. The first-order valence-electron chi connectivity index (χ1n) is 7.28. The van der Waals surface area contributed by atoms with E-state index in [-0.39, 0.29) is 17.1 Å². The number of hydrogen-bond donors (Lipinski definition) is 1. The van der Waals surface area contributed by atoms with Crippen molar-refractivity contribution in [2.45, 2.75) is 50.4 Å². The molecular formula is C16H21N3O2S. The van der Waals surface area contributed by atoms with Gasteiger partial charge in [0.05, 0.1) is 18.1 Å². The fraction of sp³-hybridized carbons (Fsp3) is 0.438. The van der Waals surface area contributed by atoms with Crippen LogP contribution in [0.15, 0.2) is 33.9 Å². The van der Waals surface area contributed by atoms with Crippen LogP contribution in [0.25, 0.3) is 0 Å². The third kappa shape index (κ3) is 4.59. The Bertz CT molecular complexity index is 626. The summed E-state index contributed by atoms with van der Waals surface area (Å²) in [6, 6.07) is 5.55. The Hall–Kier alpha value is -1.82. The predicted molar refractivity (Wildman–Crippen MR) is 86.7 cm³/mol. The van der Waals surface area contributed by atoms with Gasteiger partial charge in [-0.1, -0.05) is 25.6 Å². The molecule has 1 atom stereocenters. The van der Waals surface area contributed by atoms with E-state index in [9.17, 15) is 4.79 Å². The van der Waals surface area contributed by atoms with Gasteiger partial charge < -0.3 is 9.73 Å². The second-order valence-corrected chi connectivity index (χ2v) is 6.78. The van der Waals surface area contributed by atoms with Crippen LogP contribution in [0.2, 0.25) is 0 Å². The van der Waals surface area contributed by atoms with Crippen LogP contribution in [0.5, 0.6) is 0 Å². The number of rotatable bonds is 6. The highest BCUT2D eigenvalue weighted by Gasteiger charge is 2.16. The molecule has 2 aromatic heterocycles. The zero-order valence-electron chi connectivity index (χ0n) is 13.3. The molecule has 0 radical (unpaired) electrons. The number of carbonyl (C=O) groups is 1. The molecule has 2 aromatic rings. The van der Waals surface area contributed by atoms with Crippen molar-refractivity contribution in [3.8, 4) is 0 Å². The smallest absolute Gasteiger partial charge is 0.233 e. The highest BCUT2D eigenvalue weighted by Crippen LogP contribution is 2.23. The number of nitrogens with one attached hydrogen (secondary N) is 1. The molecule has 0 saturated carbocycles. The van der Waals surface area contributed by atoms with Crippen LogP contribution in [0, 0.1) is 6.92 Å². The molecule has 22 heavy (non-hydrogen) atoms. The number of aryl methyl sites for hydroxylation is 1. The third-order valence-electron chi connectivity index (χ3n) is 3.05. The highest BCUT2D eigenvalue weighted by molar-refractivity contribution is 8.00. The maximum absolute atomic E-state index is 12.1. The summed E-state index contributed by atoms with van der Waals surface area (Å²) in [6.07, 6.45) is 1.59. The maximum Gasteiger partial charge on any atom is 0.233 e. The van der Waals surface area contributed by atoms with Crippen LogP contribution in [0.4, 0.5) is 0 Å². The van der Waals surface area contributed by atoms with Crippen molar-refractivity contribution in [3.05, 3.63) is 41.7 Å². The van der Waals surface area contributed by atoms with Crippen molar-refractivity contribution in [2.75, 3.05) is 0 Å². The highest BCUT2D eigenvalue weighted by atomic mass is 32.2. The van der Waals surface area contributed by atoms with Crippen molar-refractivity contribution in [2.24, 2.45) is 0 Å². The molecule has 2 rings (SSSR count). The average molecular weight is 319 g/mol. The van der Waals surface area contributed by atoms with E-state index in [0.717, 1.165) is 22.3 Å². The minimum Gasteiger partial charge on any atom is -0.467 e. The Balaban J connectivity index is 1.95. The molecule has 0 aliphatic carbocycles. The summed E-state index contributed by atoms with van der Waals surface area (Å²) < 4.78 is 5.20. The van der Waals surface area contributed by atoms with E-state index in [1.165, 1.54) is 11.8 Å². The van der Waals surface area contributed by atoms with Gasteiger partial charge in [0.1, 0.15) is 16.6 Å². The van der Waals surface area contributed by atoms with Gasteiger partial charge in [0.2, 0.25) is 5.91 Å². The lowest BCUT2D eigenvalue weighted by molar-refractivity contribution is -0.120. The summed E-state index contributed by atoms with van der Waals surface area (Å²) in [6.45, 7) is 8.33. The van der Waals surface area contributed by atoms with Crippen LogP contribution in [-0.4, -0.2) is 21.1 Å². The third-order valence-corrected chi connectivity index (χ3v) is 4.07. The summed E-state index contributed by atoms with van der Waals surface area (Å²) >= 11 is 1.44. The molecule has 0 aliphatic rings. The molecule has 5 nitrogen and oxygen atoms in total. The molecule has 1 N–H and O–H groups in total. The summed E-state index contributed by atoms with van der Waals surface area (Å²) in [4.78, 5) is 21.1. The molecule has 1 amide bonds. The zero-order chi connectivity index (χ0) is 16.1. The number of carbonyl (C=O) groups excluding carboxylic acids is 1. The average Bonchev–Trinajstić information content (AvgIpc) is 2.97. The number of thioether (sulfide) groups is 1. The van der Waals surface area contributed by atoms with E-state index < -0.39 is 0 Å². The minimum atomic E-state index is -0.232. The van der Waals surface area contributed by atoms with Gasteiger partial charge in [0.25, 0.3) is 0 Å². The Morgan fingerprint density at radius 1 is 1.36 bits per heavy atom. The number of furan rings is 1. The van der Waals surface area contributed by atoms with Crippen molar-refractivity contribution in [1.29, 1.82) is 0 Å². The lowest BCUT2D eigenvalue weighted by atomic mass is 10.2. The molecule has 0 bridgehead atoms. The van der Waals surface area contributed by atoms with Gasteiger partial charge in [0.15, 0.2) is 0 Å². The number of nitrogens with zero attached hydrogens (tertiary/aromatic N) is 2. The van der Waals surface area contributed by atoms with E-state index in [0.29, 0.717) is 6.54 Å². The summed E-state index contributed by atoms with van der Waals surface area (Å²) in [5, 5.41) is 3.46. The zero-order valence-corrected chi connectivity index (χ0v) is 14.1. The van der Waals surface area contributed by atoms with Crippen molar-refractivity contribution < 1.29 is 9.21 Å². The maximum atomic E-state index is 12.1. The largest absolute Gasteiger partial charge is 0.467 e. The van der Waals surface area contributed by atoms with E-state index in [2.05, 4.69) is 29.1 Å². The monoisotopic (exact) mass is 319 g/mol. The lowest BCUT2D eigenvalue weighted by Crippen LogP contribution is -2.30. The van der Waals surface area contributed by atoms with Crippen LogP contribution < -0.4 is 5.32 Å². The standard InChI is InChI=1S/C16H21N3O2S/c1-10(2)15-18-11(3)8-14(19-15)22-12(4)16(20)17-9-13-6-5-7-21-13/h5-8,10,12H,9H2,1-4H3,(H,17,20). The predicted octanol–water partition coefficient (Wildman–Crippen LogP) is 3.30. The first kappa shape index (κ1) is 16.5. The molecule has 0 spiro atoms. The molecule has 0 aliphatic heterocycles. The summed E-state index contributed by atoms with van der Waals surface area (Å²) in [5.74, 6) is 1.78. The second-order valence-electron chi connectivity index (χ2n) is 5.42. The van der Waals surface area contributed by atoms with Crippen LogP contribution >= 0.6 is 11.8 Å². The first-order valence-corrected chi connectivity index (χ1v) is 8.16. The van der Waals surface area contributed by atoms with Gasteiger partial charge in [-0.25, -0.2) is 9.97 Å². The van der Waals surface area contributed by atoms with Crippen molar-refractivity contribution in [1.82, 2.24) is 15.3 Å². The van der Waals surface area contributed by atoms with Crippen LogP contribution in [-0.2, 0) is 11.3 Å². The molecule has 0 aromatic carbocycles. The molecule has 6 heteroatoms. The van der Waals surface area contributed by atoms with Gasteiger partial charge >= 0.3 is 0 Å². The van der Waals surface area contributed by atoms with E-state index >= 15 is 0 Å².